The van der Waals surface area contributed by atoms with Crippen LogP contribution in [0, 0.1) is 0 Å². The summed E-state index contributed by atoms with van der Waals surface area (Å²) >= 11 is 13.9. The molecule has 28 heavy (non-hydrogen) atoms. The molecule has 1 heterocycles. The average Bonchev–Trinajstić information content (AvgIpc) is 2.82. The van der Waals surface area contributed by atoms with Gasteiger partial charge in [0.05, 0.1) is 5.69 Å². The van der Waals surface area contributed by atoms with Crippen LogP contribution < -0.4 is 5.32 Å². The van der Waals surface area contributed by atoms with Gasteiger partial charge in [-0.15, -0.1) is 0 Å². The molecule has 6 heteroatoms. The van der Waals surface area contributed by atoms with E-state index in [0.717, 1.165) is 32.3 Å². The quantitative estimate of drug-likeness (QED) is 0.517. The zero-order valence-electron chi connectivity index (χ0n) is 15.0. The molecular formula is C22H16Cl2N2OS. The van der Waals surface area contributed by atoms with E-state index in [9.17, 15) is 4.79 Å². The van der Waals surface area contributed by atoms with Gasteiger partial charge in [-0.25, -0.2) is 0 Å². The minimum absolute atomic E-state index is 0.162. The number of hydrogen-bond donors (Lipinski definition) is 1. The molecule has 4 rings (SSSR count). The van der Waals surface area contributed by atoms with Crippen molar-refractivity contribution in [3.63, 3.8) is 0 Å². The Hall–Kier alpha value is -2.27. The monoisotopic (exact) mass is 426 g/mol. The highest BCUT2D eigenvalue weighted by molar-refractivity contribution is 7.99. The Bertz CT molecular complexity index is 1110. The molecule has 3 nitrogen and oxygen atoms in total. The molecule has 0 unspecified atom stereocenters. The summed E-state index contributed by atoms with van der Waals surface area (Å²) in [5.41, 5.74) is 4.10. The topological polar surface area (TPSA) is 41.5 Å². The first-order valence-electron chi connectivity index (χ1n) is 8.70. The molecule has 0 aliphatic carbocycles. The zero-order valence-corrected chi connectivity index (χ0v) is 17.3. The van der Waals surface area contributed by atoms with Crippen LogP contribution in [0.3, 0.4) is 0 Å². The number of aliphatic imine (C=N–C) groups is 1. The van der Waals surface area contributed by atoms with Gasteiger partial charge < -0.3 is 5.32 Å². The predicted octanol–water partition coefficient (Wildman–Crippen LogP) is 6.53. The van der Waals surface area contributed by atoms with Crippen molar-refractivity contribution in [3.05, 3.63) is 87.4 Å². The van der Waals surface area contributed by atoms with E-state index >= 15 is 0 Å². The van der Waals surface area contributed by atoms with Crippen LogP contribution in [0.4, 0.5) is 5.69 Å². The number of carbonyl (C=O) groups is 1. The summed E-state index contributed by atoms with van der Waals surface area (Å²) in [7, 11) is 0. The van der Waals surface area contributed by atoms with Gasteiger partial charge in [0.25, 0.3) is 5.91 Å². The molecule has 1 aliphatic rings. The molecule has 1 aliphatic heterocycles. The molecular weight excluding hydrogens is 411 g/mol. The van der Waals surface area contributed by atoms with Crippen LogP contribution in [0.1, 0.15) is 28.4 Å². The SMILES string of the molecule is CC1=Nc2cc(C(=O)NCc3ccccc3Cl)ccc2Sc2ccc(Cl)cc21. The lowest BCUT2D eigenvalue weighted by atomic mass is 10.1. The fourth-order valence-corrected chi connectivity index (χ4v) is 4.39. The van der Waals surface area contributed by atoms with E-state index in [2.05, 4.69) is 5.32 Å². The van der Waals surface area contributed by atoms with Crippen molar-refractivity contribution in [1.82, 2.24) is 5.32 Å². The second-order valence-corrected chi connectivity index (χ2v) is 8.32. The molecule has 0 bridgehead atoms. The maximum Gasteiger partial charge on any atom is 0.251 e. The predicted molar refractivity (Wildman–Crippen MR) is 117 cm³/mol. The van der Waals surface area contributed by atoms with Gasteiger partial charge in [-0.1, -0.05) is 53.2 Å². The number of nitrogens with one attached hydrogen (secondary N) is 1. The second-order valence-electron chi connectivity index (χ2n) is 6.40. The molecule has 3 aromatic rings. The molecule has 0 fully saturated rings. The number of benzene rings is 3. The Morgan fingerprint density at radius 2 is 1.82 bits per heavy atom. The summed E-state index contributed by atoms with van der Waals surface area (Å²) in [5.74, 6) is -0.162. The van der Waals surface area contributed by atoms with Crippen LogP contribution in [0.5, 0.6) is 0 Å². The van der Waals surface area contributed by atoms with Crippen molar-refractivity contribution >= 4 is 52.3 Å². The maximum absolute atomic E-state index is 12.6. The molecule has 3 aromatic carbocycles. The molecule has 0 spiro atoms. The van der Waals surface area contributed by atoms with Gasteiger partial charge in [-0.2, -0.15) is 0 Å². The second kappa shape index (κ2) is 8.00. The van der Waals surface area contributed by atoms with E-state index in [0.29, 0.717) is 22.2 Å². The fraction of sp³-hybridized carbons (Fsp3) is 0.0909. The average molecular weight is 427 g/mol. The van der Waals surface area contributed by atoms with Crippen molar-refractivity contribution in [2.24, 2.45) is 4.99 Å². The van der Waals surface area contributed by atoms with Crippen LogP contribution in [-0.2, 0) is 6.54 Å². The number of rotatable bonds is 3. The minimum Gasteiger partial charge on any atom is -0.348 e. The van der Waals surface area contributed by atoms with E-state index in [4.69, 9.17) is 28.2 Å². The summed E-state index contributed by atoms with van der Waals surface area (Å²) in [6, 6.07) is 18.8. The van der Waals surface area contributed by atoms with Crippen molar-refractivity contribution in [2.45, 2.75) is 23.3 Å². The first-order chi connectivity index (χ1) is 13.5. The number of amides is 1. The Kier molecular flexibility index (Phi) is 5.44. The van der Waals surface area contributed by atoms with Crippen molar-refractivity contribution < 1.29 is 4.79 Å². The third-order valence-corrected chi connectivity index (χ3v) is 6.20. The van der Waals surface area contributed by atoms with E-state index in [1.54, 1.807) is 11.8 Å². The van der Waals surface area contributed by atoms with Crippen LogP contribution in [0.2, 0.25) is 10.0 Å². The summed E-state index contributed by atoms with van der Waals surface area (Å²) in [4.78, 5) is 19.5. The van der Waals surface area contributed by atoms with Gasteiger partial charge >= 0.3 is 0 Å². The van der Waals surface area contributed by atoms with E-state index in [1.165, 1.54) is 0 Å². The van der Waals surface area contributed by atoms with Gasteiger partial charge in [-0.05, 0) is 55.0 Å². The van der Waals surface area contributed by atoms with Crippen molar-refractivity contribution in [1.29, 1.82) is 0 Å². The Morgan fingerprint density at radius 3 is 2.64 bits per heavy atom. The summed E-state index contributed by atoms with van der Waals surface area (Å²) in [6.45, 7) is 2.32. The van der Waals surface area contributed by atoms with Crippen molar-refractivity contribution in [2.75, 3.05) is 0 Å². The fourth-order valence-electron chi connectivity index (χ4n) is 2.98. The van der Waals surface area contributed by atoms with Gasteiger partial charge in [-0.3, -0.25) is 9.79 Å². The van der Waals surface area contributed by atoms with Crippen LogP contribution >= 0.6 is 35.0 Å². The van der Waals surface area contributed by atoms with Crippen molar-refractivity contribution in [3.8, 4) is 0 Å². The third kappa shape index (κ3) is 3.95. The Morgan fingerprint density at radius 1 is 1.04 bits per heavy atom. The largest absolute Gasteiger partial charge is 0.348 e. The highest BCUT2D eigenvalue weighted by Crippen LogP contribution is 2.41. The Balaban J connectivity index is 1.59. The van der Waals surface area contributed by atoms with E-state index in [1.807, 2.05) is 67.6 Å². The van der Waals surface area contributed by atoms with Crippen LogP contribution in [0.15, 0.2) is 75.4 Å². The molecule has 0 aromatic heterocycles. The first kappa shape index (κ1) is 19.1. The van der Waals surface area contributed by atoms with Crippen LogP contribution in [-0.4, -0.2) is 11.6 Å². The smallest absolute Gasteiger partial charge is 0.251 e. The lowest BCUT2D eigenvalue weighted by Gasteiger charge is -2.09. The molecule has 140 valence electrons. The van der Waals surface area contributed by atoms with E-state index in [-0.39, 0.29) is 5.91 Å². The standard InChI is InChI=1S/C22H16Cl2N2OS/c1-13-17-11-16(23)7-9-20(17)28-21-8-6-14(10-19(21)26-13)22(27)25-12-15-4-2-3-5-18(15)24/h2-11H,12H2,1H3,(H,25,27). The van der Waals surface area contributed by atoms with Gasteiger partial charge in [0.15, 0.2) is 0 Å². The number of halogens is 2. The van der Waals surface area contributed by atoms with Gasteiger partial charge in [0.2, 0.25) is 0 Å². The maximum atomic E-state index is 12.6. The number of nitrogens with zero attached hydrogens (tertiary/aromatic N) is 1. The highest BCUT2D eigenvalue weighted by atomic mass is 35.5. The number of hydrogen-bond acceptors (Lipinski definition) is 3. The first-order valence-corrected chi connectivity index (χ1v) is 10.3. The molecule has 0 saturated heterocycles. The molecule has 1 amide bonds. The van der Waals surface area contributed by atoms with E-state index < -0.39 is 0 Å². The molecule has 1 N–H and O–H groups in total. The zero-order chi connectivity index (χ0) is 19.7. The lowest BCUT2D eigenvalue weighted by molar-refractivity contribution is 0.0951. The summed E-state index contributed by atoms with van der Waals surface area (Å²) < 4.78 is 0. The minimum atomic E-state index is -0.162. The lowest BCUT2D eigenvalue weighted by Crippen LogP contribution is -2.22. The molecule has 0 atom stereocenters. The molecule has 0 saturated carbocycles. The number of carbonyl (C=O) groups excluding carboxylic acids is 1. The third-order valence-electron chi connectivity index (χ3n) is 4.46. The normalized spacial score (nSPS) is 12.5. The van der Waals surface area contributed by atoms with Gasteiger partial charge in [0, 0.05) is 43.2 Å². The molecule has 0 radical (unpaired) electrons. The Labute approximate surface area is 177 Å². The van der Waals surface area contributed by atoms with Crippen LogP contribution in [0.25, 0.3) is 0 Å². The number of fused-ring (bicyclic) bond motifs is 2. The van der Waals surface area contributed by atoms with Gasteiger partial charge in [0.1, 0.15) is 0 Å². The highest BCUT2D eigenvalue weighted by Gasteiger charge is 2.17. The summed E-state index contributed by atoms with van der Waals surface area (Å²) in [6.07, 6.45) is 0. The summed E-state index contributed by atoms with van der Waals surface area (Å²) in [5, 5.41) is 4.24.